The van der Waals surface area contributed by atoms with Gasteiger partial charge >= 0.3 is 0 Å². The zero-order valence-electron chi connectivity index (χ0n) is 17.5. The second-order valence-electron chi connectivity index (χ2n) is 7.89. The summed E-state index contributed by atoms with van der Waals surface area (Å²) in [6.07, 6.45) is 2.20. The molecule has 29 heavy (non-hydrogen) atoms. The third-order valence-electron chi connectivity index (χ3n) is 5.47. The molecule has 0 amide bonds. The molecule has 1 unspecified atom stereocenters. The van der Waals surface area contributed by atoms with Crippen LogP contribution in [0.2, 0.25) is 6.32 Å². The van der Waals surface area contributed by atoms with E-state index in [1.54, 1.807) is 0 Å². The van der Waals surface area contributed by atoms with Crippen LogP contribution in [-0.2, 0) is 5.41 Å². The molecule has 0 heterocycles. The van der Waals surface area contributed by atoms with Crippen LogP contribution in [0.5, 0.6) is 0 Å². The average molecular weight is 378 g/mol. The summed E-state index contributed by atoms with van der Waals surface area (Å²) in [5.41, 5.74) is 6.27. The maximum Gasteiger partial charge on any atom is 0.0794 e. The summed E-state index contributed by atoms with van der Waals surface area (Å²) < 4.78 is 0. The van der Waals surface area contributed by atoms with E-state index < -0.39 is 5.41 Å². The van der Waals surface area contributed by atoms with Crippen molar-refractivity contribution in [1.82, 2.24) is 0 Å². The Balaban J connectivity index is 2.01. The van der Waals surface area contributed by atoms with Crippen LogP contribution in [-0.4, -0.2) is 7.85 Å². The SMILES string of the molecule is [B]CCCC(C)(C#N)c1ccc(N(c2ccc(C)cc2)c2ccc(C)cc2)cc1. The Labute approximate surface area is 176 Å². The van der Waals surface area contributed by atoms with Crippen molar-refractivity contribution in [3.63, 3.8) is 0 Å². The van der Waals surface area contributed by atoms with Gasteiger partial charge in [-0.3, -0.25) is 0 Å². The molecule has 0 saturated carbocycles. The van der Waals surface area contributed by atoms with Gasteiger partial charge in [0.25, 0.3) is 0 Å². The Bertz CT molecular complexity index is 924. The number of nitrogens with zero attached hydrogens (tertiary/aromatic N) is 2. The molecule has 2 radical (unpaired) electrons. The van der Waals surface area contributed by atoms with Gasteiger partial charge in [0.1, 0.15) is 0 Å². The van der Waals surface area contributed by atoms with E-state index in [0.29, 0.717) is 6.32 Å². The van der Waals surface area contributed by atoms with E-state index in [-0.39, 0.29) is 0 Å². The van der Waals surface area contributed by atoms with Crippen LogP contribution in [0.25, 0.3) is 0 Å². The van der Waals surface area contributed by atoms with Crippen LogP contribution in [0.15, 0.2) is 72.8 Å². The summed E-state index contributed by atoms with van der Waals surface area (Å²) in [4.78, 5) is 2.24. The smallest absolute Gasteiger partial charge is 0.0794 e. The summed E-state index contributed by atoms with van der Waals surface area (Å²) in [5.74, 6) is 0. The molecule has 1 atom stereocenters. The summed E-state index contributed by atoms with van der Waals surface area (Å²) in [5, 5.41) is 9.75. The van der Waals surface area contributed by atoms with Crippen LogP contribution in [0.1, 0.15) is 36.5 Å². The van der Waals surface area contributed by atoms with Crippen LogP contribution >= 0.6 is 0 Å². The number of nitriles is 1. The summed E-state index contributed by atoms with van der Waals surface area (Å²) in [7, 11) is 5.67. The van der Waals surface area contributed by atoms with Gasteiger partial charge in [-0.1, -0.05) is 60.3 Å². The van der Waals surface area contributed by atoms with Gasteiger partial charge in [0.2, 0.25) is 0 Å². The fourth-order valence-corrected chi connectivity index (χ4v) is 3.53. The van der Waals surface area contributed by atoms with Crippen LogP contribution in [0.4, 0.5) is 17.1 Å². The molecule has 144 valence electrons. The van der Waals surface area contributed by atoms with Crippen molar-refractivity contribution >= 4 is 24.9 Å². The highest BCUT2D eigenvalue weighted by atomic mass is 15.1. The first-order chi connectivity index (χ1) is 14.0. The van der Waals surface area contributed by atoms with E-state index in [0.717, 1.165) is 35.5 Å². The lowest BCUT2D eigenvalue weighted by Gasteiger charge is -2.27. The number of anilines is 3. The second-order valence-corrected chi connectivity index (χ2v) is 7.89. The fourth-order valence-electron chi connectivity index (χ4n) is 3.53. The van der Waals surface area contributed by atoms with Gasteiger partial charge < -0.3 is 4.90 Å². The lowest BCUT2D eigenvalue weighted by atomic mass is 9.78. The van der Waals surface area contributed by atoms with E-state index in [4.69, 9.17) is 7.85 Å². The zero-order valence-corrected chi connectivity index (χ0v) is 17.5. The highest BCUT2D eigenvalue weighted by Crippen LogP contribution is 2.36. The normalized spacial score (nSPS) is 12.8. The molecule has 3 aromatic carbocycles. The van der Waals surface area contributed by atoms with Crippen molar-refractivity contribution < 1.29 is 0 Å². The third kappa shape index (κ3) is 4.71. The lowest BCUT2D eigenvalue weighted by molar-refractivity contribution is 0.544. The first-order valence-corrected chi connectivity index (χ1v) is 10.1. The molecule has 3 rings (SSSR count). The molecule has 0 spiro atoms. The molecule has 3 aromatic rings. The summed E-state index contributed by atoms with van der Waals surface area (Å²) in [6, 6.07) is 27.9. The Morgan fingerprint density at radius 3 is 1.59 bits per heavy atom. The monoisotopic (exact) mass is 378 g/mol. The molecule has 0 aliphatic rings. The van der Waals surface area contributed by atoms with Gasteiger partial charge in [-0.2, -0.15) is 5.26 Å². The van der Waals surface area contributed by atoms with E-state index in [9.17, 15) is 5.26 Å². The maximum absolute atomic E-state index is 9.75. The van der Waals surface area contributed by atoms with Crippen LogP contribution in [0, 0.1) is 25.2 Å². The Morgan fingerprint density at radius 2 is 1.21 bits per heavy atom. The van der Waals surface area contributed by atoms with E-state index in [1.165, 1.54) is 11.1 Å². The minimum Gasteiger partial charge on any atom is -0.311 e. The minimum absolute atomic E-state index is 0.517. The predicted octanol–water partition coefficient (Wildman–Crippen LogP) is 6.92. The Kier molecular flexibility index (Phi) is 6.44. The molecular formula is C26H27BN2. The van der Waals surface area contributed by atoms with Crippen molar-refractivity contribution in [3.8, 4) is 6.07 Å². The molecule has 0 N–H and O–H groups in total. The zero-order chi connectivity index (χ0) is 20.9. The molecule has 0 aromatic heterocycles. The number of rotatable bonds is 7. The molecular weight excluding hydrogens is 351 g/mol. The van der Waals surface area contributed by atoms with E-state index >= 15 is 0 Å². The van der Waals surface area contributed by atoms with Gasteiger partial charge in [-0.05, 0) is 69.2 Å². The van der Waals surface area contributed by atoms with Crippen molar-refractivity contribution in [2.75, 3.05) is 4.90 Å². The molecule has 0 aliphatic carbocycles. The van der Waals surface area contributed by atoms with E-state index in [1.807, 2.05) is 6.92 Å². The van der Waals surface area contributed by atoms with Crippen molar-refractivity contribution in [3.05, 3.63) is 89.5 Å². The summed E-state index contributed by atoms with van der Waals surface area (Å²) >= 11 is 0. The quantitative estimate of drug-likeness (QED) is 0.417. The highest BCUT2D eigenvalue weighted by molar-refractivity contribution is 6.08. The second kappa shape index (κ2) is 9.01. The Hall–Kier alpha value is -2.99. The molecule has 0 bridgehead atoms. The van der Waals surface area contributed by atoms with Gasteiger partial charge in [0.05, 0.1) is 19.3 Å². The number of benzene rings is 3. The number of hydrogen-bond acceptors (Lipinski definition) is 2. The van der Waals surface area contributed by atoms with Gasteiger partial charge in [-0.15, -0.1) is 0 Å². The molecule has 3 heteroatoms. The van der Waals surface area contributed by atoms with Crippen molar-refractivity contribution in [2.45, 2.75) is 45.3 Å². The third-order valence-corrected chi connectivity index (χ3v) is 5.47. The standard InChI is InChI=1S/C26H27BN2/c1-20-5-11-23(12-6-20)29(24-13-7-21(2)8-14-24)25-15-9-22(10-16-25)26(3,19-28)17-4-18-27/h5-16H,4,17-18H2,1-3H3. The average Bonchev–Trinajstić information content (AvgIpc) is 2.75. The predicted molar refractivity (Wildman–Crippen MR) is 123 cm³/mol. The van der Waals surface area contributed by atoms with Gasteiger partial charge in [-0.25, -0.2) is 0 Å². The lowest BCUT2D eigenvalue weighted by Crippen LogP contribution is -2.19. The highest BCUT2D eigenvalue weighted by Gasteiger charge is 2.26. The fraction of sp³-hybridized carbons (Fsp3) is 0.269. The number of hydrogen-bond donors (Lipinski definition) is 0. The maximum atomic E-state index is 9.75. The van der Waals surface area contributed by atoms with Crippen LogP contribution < -0.4 is 4.90 Å². The molecule has 0 fully saturated rings. The van der Waals surface area contributed by atoms with Gasteiger partial charge in [0.15, 0.2) is 0 Å². The first-order valence-electron chi connectivity index (χ1n) is 10.1. The Morgan fingerprint density at radius 1 is 0.793 bits per heavy atom. The van der Waals surface area contributed by atoms with Crippen LogP contribution in [0.3, 0.4) is 0 Å². The molecule has 0 aliphatic heterocycles. The van der Waals surface area contributed by atoms with Crippen molar-refractivity contribution in [2.24, 2.45) is 0 Å². The largest absolute Gasteiger partial charge is 0.311 e. The first kappa shape index (κ1) is 20.7. The van der Waals surface area contributed by atoms with E-state index in [2.05, 4.69) is 97.6 Å². The summed E-state index contributed by atoms with van der Waals surface area (Å²) in [6.45, 7) is 6.19. The minimum atomic E-state index is -0.517. The van der Waals surface area contributed by atoms with Gasteiger partial charge in [0, 0.05) is 17.1 Å². The molecule has 0 saturated heterocycles. The van der Waals surface area contributed by atoms with Crippen molar-refractivity contribution in [1.29, 1.82) is 5.26 Å². The molecule has 2 nitrogen and oxygen atoms in total. The topological polar surface area (TPSA) is 27.0 Å². The number of aryl methyl sites for hydroxylation is 2.